The maximum Gasteiger partial charge on any atom is 0.360 e. The van der Waals surface area contributed by atoms with Gasteiger partial charge in [-0.2, -0.15) is 0 Å². The lowest BCUT2D eigenvalue weighted by Gasteiger charge is -2.39. The highest BCUT2D eigenvalue weighted by molar-refractivity contribution is 5.87. The van der Waals surface area contributed by atoms with Crippen LogP contribution in [0.15, 0.2) is 12.2 Å². The van der Waals surface area contributed by atoms with E-state index in [0.29, 0.717) is 6.42 Å². The molecule has 90 valence electrons. The Hall–Kier alpha value is -0.580. The van der Waals surface area contributed by atoms with Crippen molar-refractivity contribution in [3.05, 3.63) is 12.2 Å². The molecule has 0 aliphatic carbocycles. The molecule has 0 aliphatic rings. The second-order valence-electron chi connectivity index (χ2n) is 4.28. The molecule has 5 heteroatoms. The van der Waals surface area contributed by atoms with E-state index in [2.05, 4.69) is 6.58 Å². The van der Waals surface area contributed by atoms with Gasteiger partial charge in [-0.3, -0.25) is 4.48 Å². The highest BCUT2D eigenvalue weighted by atomic mass is 35.5. The number of halogens is 1. The van der Waals surface area contributed by atoms with Gasteiger partial charge in [0.25, 0.3) is 0 Å². The monoisotopic (exact) mass is 237 g/mol. The van der Waals surface area contributed by atoms with Gasteiger partial charge in [-0.05, 0) is 6.92 Å². The fraction of sp³-hybridized carbons (Fsp3) is 0.700. The second kappa shape index (κ2) is 5.49. The molecule has 0 aliphatic heterocycles. The van der Waals surface area contributed by atoms with Crippen molar-refractivity contribution in [1.29, 1.82) is 0 Å². The zero-order valence-electron chi connectivity index (χ0n) is 10.0. The molecule has 1 unspecified atom stereocenters. The number of hydrogen-bond donors (Lipinski definition) is 1. The smallest absolute Gasteiger partial charge is 0.360 e. The molecule has 0 heterocycles. The van der Waals surface area contributed by atoms with Crippen LogP contribution in [0.1, 0.15) is 20.3 Å². The average molecular weight is 238 g/mol. The molecule has 1 N–H and O–H groups in total. The third-order valence-corrected chi connectivity index (χ3v) is 2.11. The van der Waals surface area contributed by atoms with E-state index >= 15 is 0 Å². The molecule has 15 heavy (non-hydrogen) atoms. The Kier molecular flexibility index (Phi) is 6.16. The normalized spacial score (nSPS) is 14.8. The van der Waals surface area contributed by atoms with Gasteiger partial charge in [0, 0.05) is 5.57 Å². The molecule has 0 rings (SSSR count). The summed E-state index contributed by atoms with van der Waals surface area (Å²) >= 11 is 0. The SMILES string of the molecule is C=C(C)C(=O)OC(O)(CC)[N+](C)(C)C.[Cl-]. The summed E-state index contributed by atoms with van der Waals surface area (Å²) in [6.45, 7) is 6.77. The Labute approximate surface area is 97.5 Å². The van der Waals surface area contributed by atoms with Crippen LogP contribution in [0.3, 0.4) is 0 Å². The minimum absolute atomic E-state index is 0. The maximum absolute atomic E-state index is 11.3. The number of carbonyl (C=O) groups is 1. The van der Waals surface area contributed by atoms with Crippen LogP contribution < -0.4 is 12.4 Å². The molecule has 0 bridgehead atoms. The van der Waals surface area contributed by atoms with Crippen molar-refractivity contribution >= 4 is 5.97 Å². The maximum atomic E-state index is 11.3. The Morgan fingerprint density at radius 3 is 2.07 bits per heavy atom. The zero-order chi connectivity index (χ0) is 11.6. The van der Waals surface area contributed by atoms with E-state index in [0.717, 1.165) is 0 Å². The van der Waals surface area contributed by atoms with Crippen LogP contribution in [-0.4, -0.2) is 42.6 Å². The van der Waals surface area contributed by atoms with Crippen LogP contribution in [0.4, 0.5) is 0 Å². The average Bonchev–Trinajstić information content (AvgIpc) is 2.01. The molecule has 0 fully saturated rings. The van der Waals surface area contributed by atoms with Crippen LogP contribution in [0.5, 0.6) is 0 Å². The first kappa shape index (κ1) is 16.8. The first-order valence-corrected chi connectivity index (χ1v) is 4.57. The molecule has 4 nitrogen and oxygen atoms in total. The number of aliphatic hydroxyl groups is 1. The molecule has 0 aromatic rings. The third kappa shape index (κ3) is 4.20. The summed E-state index contributed by atoms with van der Waals surface area (Å²) in [5.74, 6) is -2.06. The molecule has 0 saturated carbocycles. The van der Waals surface area contributed by atoms with Gasteiger partial charge >= 0.3 is 11.9 Å². The van der Waals surface area contributed by atoms with Crippen molar-refractivity contribution in [1.82, 2.24) is 0 Å². The minimum atomic E-state index is -1.49. The number of nitrogens with zero attached hydrogens (tertiary/aromatic N) is 1. The zero-order valence-corrected chi connectivity index (χ0v) is 10.8. The van der Waals surface area contributed by atoms with Gasteiger partial charge < -0.3 is 22.3 Å². The van der Waals surface area contributed by atoms with E-state index in [-0.39, 0.29) is 22.5 Å². The van der Waals surface area contributed by atoms with Crippen molar-refractivity contribution in [2.24, 2.45) is 0 Å². The molecular formula is C10H20ClNO3. The van der Waals surface area contributed by atoms with Gasteiger partial charge in [0.1, 0.15) is 0 Å². The molecular weight excluding hydrogens is 218 g/mol. The lowest BCUT2D eigenvalue weighted by Crippen LogP contribution is -3.00. The highest BCUT2D eigenvalue weighted by Gasteiger charge is 2.43. The molecule has 0 spiro atoms. The lowest BCUT2D eigenvalue weighted by molar-refractivity contribution is -0.976. The second-order valence-corrected chi connectivity index (χ2v) is 4.28. The topological polar surface area (TPSA) is 46.5 Å². The number of esters is 1. The van der Waals surface area contributed by atoms with Gasteiger partial charge in [0.2, 0.25) is 0 Å². The van der Waals surface area contributed by atoms with Crippen molar-refractivity contribution in [2.75, 3.05) is 21.1 Å². The third-order valence-electron chi connectivity index (χ3n) is 2.11. The standard InChI is InChI=1S/C10H20NO3.ClH/c1-7-10(13,11(4,5)6)14-9(12)8(2)3;/h13H,2,7H2,1,3-6H3;1H/q+1;/p-1. The number of rotatable bonds is 4. The fourth-order valence-corrected chi connectivity index (χ4v) is 0.919. The summed E-state index contributed by atoms with van der Waals surface area (Å²) in [5, 5.41) is 10.1. The summed E-state index contributed by atoms with van der Waals surface area (Å²) in [6, 6.07) is 0. The molecule has 1 atom stereocenters. The Morgan fingerprint density at radius 2 is 1.87 bits per heavy atom. The van der Waals surface area contributed by atoms with Gasteiger partial charge in [0.05, 0.1) is 27.6 Å². The van der Waals surface area contributed by atoms with E-state index in [9.17, 15) is 9.90 Å². The van der Waals surface area contributed by atoms with Crippen molar-refractivity contribution in [3.63, 3.8) is 0 Å². The van der Waals surface area contributed by atoms with Crippen LogP contribution in [-0.2, 0) is 9.53 Å². The first-order valence-electron chi connectivity index (χ1n) is 4.57. The summed E-state index contributed by atoms with van der Waals surface area (Å²) in [6.07, 6.45) is 0.329. The molecule has 0 amide bonds. The summed E-state index contributed by atoms with van der Waals surface area (Å²) in [4.78, 5) is 11.3. The molecule has 0 radical (unpaired) electrons. The van der Waals surface area contributed by atoms with Crippen molar-refractivity contribution < 1.29 is 31.5 Å². The predicted molar refractivity (Wildman–Crippen MR) is 54.2 cm³/mol. The molecule has 0 aromatic heterocycles. The van der Waals surface area contributed by atoms with Gasteiger partial charge in [0.15, 0.2) is 0 Å². The van der Waals surface area contributed by atoms with Crippen LogP contribution in [0.2, 0.25) is 0 Å². The van der Waals surface area contributed by atoms with E-state index < -0.39 is 11.9 Å². The lowest BCUT2D eigenvalue weighted by atomic mass is 10.3. The Bertz CT molecular complexity index is 248. The highest BCUT2D eigenvalue weighted by Crippen LogP contribution is 2.22. The number of hydrogen-bond acceptors (Lipinski definition) is 3. The largest absolute Gasteiger partial charge is 1.00 e. The quantitative estimate of drug-likeness (QED) is 0.263. The van der Waals surface area contributed by atoms with Gasteiger partial charge in [-0.15, -0.1) is 0 Å². The number of quaternary nitrogens is 1. The van der Waals surface area contributed by atoms with Crippen molar-refractivity contribution in [2.45, 2.75) is 26.2 Å². The Morgan fingerprint density at radius 1 is 1.47 bits per heavy atom. The Balaban J connectivity index is 0. The predicted octanol–water partition coefficient (Wildman–Crippen LogP) is -2.13. The molecule has 0 aromatic carbocycles. The molecule has 0 saturated heterocycles. The summed E-state index contributed by atoms with van der Waals surface area (Å²) in [7, 11) is 5.28. The first-order chi connectivity index (χ1) is 6.14. The number of ether oxygens (including phenoxy) is 1. The van der Waals surface area contributed by atoms with Crippen LogP contribution in [0, 0.1) is 0 Å². The fourth-order valence-electron chi connectivity index (χ4n) is 0.919. The minimum Gasteiger partial charge on any atom is -1.00 e. The summed E-state index contributed by atoms with van der Waals surface area (Å²) in [5.41, 5.74) is 0.283. The van der Waals surface area contributed by atoms with E-state index in [4.69, 9.17) is 4.74 Å². The van der Waals surface area contributed by atoms with Crippen molar-refractivity contribution in [3.8, 4) is 0 Å². The van der Waals surface area contributed by atoms with Crippen LogP contribution >= 0.6 is 0 Å². The van der Waals surface area contributed by atoms with E-state index in [1.807, 2.05) is 0 Å². The number of carbonyl (C=O) groups excluding carboxylic acids is 1. The van der Waals surface area contributed by atoms with Gasteiger partial charge in [-0.25, -0.2) is 4.79 Å². The van der Waals surface area contributed by atoms with E-state index in [1.54, 1.807) is 35.0 Å². The summed E-state index contributed by atoms with van der Waals surface area (Å²) < 4.78 is 5.14. The van der Waals surface area contributed by atoms with Crippen LogP contribution in [0.25, 0.3) is 0 Å². The van der Waals surface area contributed by atoms with Gasteiger partial charge in [-0.1, -0.05) is 13.5 Å². The van der Waals surface area contributed by atoms with E-state index in [1.165, 1.54) is 0 Å².